The summed E-state index contributed by atoms with van der Waals surface area (Å²) >= 11 is 0. The molecule has 1 unspecified atom stereocenters. The second kappa shape index (κ2) is 6.02. The van der Waals surface area contributed by atoms with Gasteiger partial charge in [-0.2, -0.15) is 0 Å². The van der Waals surface area contributed by atoms with E-state index in [2.05, 4.69) is 0 Å². The van der Waals surface area contributed by atoms with Gasteiger partial charge in [0.1, 0.15) is 11.5 Å². The molecule has 0 aliphatic rings. The molecule has 0 saturated heterocycles. The monoisotopic (exact) mass is 256 g/mol. The molecule has 1 atom stereocenters. The third-order valence-corrected chi connectivity index (χ3v) is 2.71. The lowest BCUT2D eigenvalue weighted by molar-refractivity contribution is -0.118. The average Bonchev–Trinajstić information content (AvgIpc) is 2.39. The smallest absolute Gasteiger partial charge is 0.219 e. The Kier molecular flexibility index (Phi) is 4.15. The first-order chi connectivity index (χ1) is 9.16. The summed E-state index contributed by atoms with van der Waals surface area (Å²) in [6, 6.07) is 16.3. The number of primary amides is 1. The lowest BCUT2D eigenvalue weighted by Crippen LogP contribution is -2.21. The summed E-state index contributed by atoms with van der Waals surface area (Å²) in [5.41, 5.74) is 11.9. The highest BCUT2D eigenvalue weighted by Crippen LogP contribution is 2.29. The number of ether oxygens (including phenoxy) is 1. The van der Waals surface area contributed by atoms with Gasteiger partial charge in [-0.1, -0.05) is 36.4 Å². The van der Waals surface area contributed by atoms with E-state index in [-0.39, 0.29) is 6.42 Å². The molecule has 0 bridgehead atoms. The second-order valence-electron chi connectivity index (χ2n) is 4.23. The molecule has 0 spiro atoms. The Morgan fingerprint density at radius 2 is 1.68 bits per heavy atom. The normalized spacial score (nSPS) is 11.8. The fourth-order valence-electron chi connectivity index (χ4n) is 1.82. The maximum atomic E-state index is 11.0. The molecule has 1 amide bonds. The molecule has 2 aromatic rings. The Hall–Kier alpha value is -2.33. The first-order valence-electron chi connectivity index (χ1n) is 6.02. The zero-order chi connectivity index (χ0) is 13.7. The number of nitrogens with two attached hydrogens (primary N) is 2. The summed E-state index contributed by atoms with van der Waals surface area (Å²) in [6.45, 7) is 0. The largest absolute Gasteiger partial charge is 0.457 e. The first-order valence-corrected chi connectivity index (χ1v) is 6.02. The number of benzene rings is 2. The van der Waals surface area contributed by atoms with Crippen LogP contribution in [0, 0.1) is 0 Å². The Morgan fingerprint density at radius 3 is 2.37 bits per heavy atom. The Bertz CT molecular complexity index is 555. The lowest BCUT2D eigenvalue weighted by atomic mass is 10.0. The van der Waals surface area contributed by atoms with Crippen LogP contribution in [0.25, 0.3) is 0 Å². The number of carbonyl (C=O) groups is 1. The predicted molar refractivity (Wildman–Crippen MR) is 73.7 cm³/mol. The lowest BCUT2D eigenvalue weighted by Gasteiger charge is -2.15. The van der Waals surface area contributed by atoms with Gasteiger partial charge in [0.05, 0.1) is 0 Å². The van der Waals surface area contributed by atoms with Crippen LogP contribution in [0.5, 0.6) is 11.5 Å². The van der Waals surface area contributed by atoms with E-state index in [4.69, 9.17) is 16.2 Å². The summed E-state index contributed by atoms with van der Waals surface area (Å²) in [4.78, 5) is 11.0. The van der Waals surface area contributed by atoms with Gasteiger partial charge in [-0.15, -0.1) is 0 Å². The zero-order valence-corrected chi connectivity index (χ0v) is 10.5. The van der Waals surface area contributed by atoms with Crippen molar-refractivity contribution < 1.29 is 9.53 Å². The molecule has 0 aliphatic carbocycles. The van der Waals surface area contributed by atoms with Crippen molar-refractivity contribution in [3.63, 3.8) is 0 Å². The molecule has 4 heteroatoms. The molecule has 0 aliphatic heterocycles. The minimum atomic E-state index is -0.461. The fraction of sp³-hybridized carbons (Fsp3) is 0.133. The first kappa shape index (κ1) is 13.1. The van der Waals surface area contributed by atoms with Crippen molar-refractivity contribution in [2.24, 2.45) is 11.5 Å². The van der Waals surface area contributed by atoms with Crippen LogP contribution in [0.15, 0.2) is 54.6 Å². The van der Waals surface area contributed by atoms with Crippen LogP contribution in [-0.2, 0) is 4.79 Å². The molecule has 98 valence electrons. The summed E-state index contributed by atoms with van der Waals surface area (Å²) in [6.07, 6.45) is 0.0924. The van der Waals surface area contributed by atoms with Crippen molar-refractivity contribution in [2.45, 2.75) is 12.5 Å². The van der Waals surface area contributed by atoms with Crippen LogP contribution >= 0.6 is 0 Å². The van der Waals surface area contributed by atoms with E-state index < -0.39 is 11.9 Å². The van der Waals surface area contributed by atoms with Crippen molar-refractivity contribution in [2.75, 3.05) is 0 Å². The van der Waals surface area contributed by atoms with Gasteiger partial charge in [0.2, 0.25) is 5.91 Å². The van der Waals surface area contributed by atoms with E-state index in [0.29, 0.717) is 5.75 Å². The van der Waals surface area contributed by atoms with Gasteiger partial charge in [0.25, 0.3) is 0 Å². The number of para-hydroxylation sites is 2. The topological polar surface area (TPSA) is 78.3 Å². The molecule has 2 rings (SSSR count). The molecule has 2 aromatic carbocycles. The summed E-state index contributed by atoms with van der Waals surface area (Å²) in [5.74, 6) is 0.936. The van der Waals surface area contributed by atoms with Crippen LogP contribution in [0.4, 0.5) is 0 Å². The van der Waals surface area contributed by atoms with Crippen LogP contribution < -0.4 is 16.2 Å². The van der Waals surface area contributed by atoms with E-state index in [0.717, 1.165) is 11.3 Å². The molecule has 4 nitrogen and oxygen atoms in total. The van der Waals surface area contributed by atoms with E-state index in [1.54, 1.807) is 0 Å². The van der Waals surface area contributed by atoms with Gasteiger partial charge < -0.3 is 16.2 Å². The molecule has 0 aromatic heterocycles. The zero-order valence-electron chi connectivity index (χ0n) is 10.5. The maximum absolute atomic E-state index is 11.0. The van der Waals surface area contributed by atoms with Crippen molar-refractivity contribution in [3.05, 3.63) is 60.2 Å². The number of amides is 1. The van der Waals surface area contributed by atoms with E-state index >= 15 is 0 Å². The highest BCUT2D eigenvalue weighted by Gasteiger charge is 2.14. The molecule has 4 N–H and O–H groups in total. The molecule has 0 heterocycles. The minimum Gasteiger partial charge on any atom is -0.457 e. The van der Waals surface area contributed by atoms with Gasteiger partial charge in [-0.3, -0.25) is 4.79 Å². The summed E-state index contributed by atoms with van der Waals surface area (Å²) in [5, 5.41) is 0. The van der Waals surface area contributed by atoms with E-state index in [1.165, 1.54) is 0 Å². The standard InChI is InChI=1S/C15H16N2O2/c16-13(10-15(17)18)12-8-4-5-9-14(12)19-11-6-2-1-3-7-11/h1-9,13H,10,16H2,(H2,17,18). The fourth-order valence-corrected chi connectivity index (χ4v) is 1.82. The minimum absolute atomic E-state index is 0.0924. The van der Waals surface area contributed by atoms with Crippen molar-refractivity contribution in [1.82, 2.24) is 0 Å². The summed E-state index contributed by atoms with van der Waals surface area (Å²) in [7, 11) is 0. The van der Waals surface area contributed by atoms with Crippen molar-refractivity contribution in [3.8, 4) is 11.5 Å². The van der Waals surface area contributed by atoms with Crippen LogP contribution in [-0.4, -0.2) is 5.91 Å². The van der Waals surface area contributed by atoms with Crippen molar-refractivity contribution in [1.29, 1.82) is 0 Å². The molecule has 0 fully saturated rings. The molecule has 0 saturated carbocycles. The van der Waals surface area contributed by atoms with Gasteiger partial charge in [0, 0.05) is 18.0 Å². The Morgan fingerprint density at radius 1 is 1.05 bits per heavy atom. The van der Waals surface area contributed by atoms with Crippen LogP contribution in [0.2, 0.25) is 0 Å². The number of carbonyl (C=O) groups excluding carboxylic acids is 1. The third-order valence-electron chi connectivity index (χ3n) is 2.71. The Balaban J connectivity index is 2.23. The van der Waals surface area contributed by atoms with E-state index in [1.807, 2.05) is 54.6 Å². The van der Waals surface area contributed by atoms with Crippen molar-refractivity contribution >= 4 is 5.91 Å². The Labute approximate surface area is 112 Å². The predicted octanol–water partition coefficient (Wildman–Crippen LogP) is 2.35. The number of hydrogen-bond donors (Lipinski definition) is 2. The van der Waals surface area contributed by atoms with Gasteiger partial charge in [-0.05, 0) is 18.2 Å². The molecule has 0 radical (unpaired) electrons. The summed E-state index contributed by atoms with van der Waals surface area (Å²) < 4.78 is 5.78. The maximum Gasteiger partial charge on any atom is 0.219 e. The van der Waals surface area contributed by atoms with Gasteiger partial charge in [-0.25, -0.2) is 0 Å². The SMILES string of the molecule is NC(=O)CC(N)c1ccccc1Oc1ccccc1. The van der Waals surface area contributed by atoms with E-state index in [9.17, 15) is 4.79 Å². The number of hydrogen-bond acceptors (Lipinski definition) is 3. The highest BCUT2D eigenvalue weighted by atomic mass is 16.5. The molecular formula is C15H16N2O2. The number of rotatable bonds is 5. The highest BCUT2D eigenvalue weighted by molar-refractivity contribution is 5.74. The average molecular weight is 256 g/mol. The quantitative estimate of drug-likeness (QED) is 0.861. The molecule has 19 heavy (non-hydrogen) atoms. The van der Waals surface area contributed by atoms with Crippen LogP contribution in [0.3, 0.4) is 0 Å². The van der Waals surface area contributed by atoms with Gasteiger partial charge >= 0.3 is 0 Å². The molecular weight excluding hydrogens is 240 g/mol. The van der Waals surface area contributed by atoms with Crippen LogP contribution in [0.1, 0.15) is 18.0 Å². The van der Waals surface area contributed by atoms with Gasteiger partial charge in [0.15, 0.2) is 0 Å². The second-order valence-corrected chi connectivity index (χ2v) is 4.23. The third kappa shape index (κ3) is 3.56.